The number of hydrogen-bond donors (Lipinski definition) is 2. The topological polar surface area (TPSA) is 126 Å². The molecule has 6 aliphatic heterocycles. The molecular weight excluding hydrogens is 832 g/mol. The molecule has 6 saturated heterocycles. The van der Waals surface area contributed by atoms with Crippen molar-refractivity contribution in [2.45, 2.75) is 108 Å². The first-order chi connectivity index (χ1) is 30.6. The largest absolute Gasteiger partial charge is 0.416 e. The molecule has 1 aliphatic carbocycles. The number of morpholine rings is 2. The molecule has 4 bridgehead atoms. The number of pyridine rings is 2. The number of benzene rings is 2. The van der Waals surface area contributed by atoms with Crippen LogP contribution >= 0.6 is 0 Å². The van der Waals surface area contributed by atoms with E-state index in [1.54, 1.807) is 32.2 Å². The van der Waals surface area contributed by atoms with Gasteiger partial charge in [0.05, 0.1) is 88.3 Å². The second kappa shape index (κ2) is 15.1. The lowest BCUT2D eigenvalue weighted by Crippen LogP contribution is -2.57. The lowest BCUT2D eigenvalue weighted by atomic mass is 9.92. The molecule has 4 aromatic heterocycles. The van der Waals surface area contributed by atoms with Gasteiger partial charge in [-0.2, -0.15) is 23.4 Å². The van der Waals surface area contributed by atoms with E-state index in [1.807, 2.05) is 38.2 Å². The second-order valence-corrected chi connectivity index (χ2v) is 18.2. The van der Waals surface area contributed by atoms with E-state index in [0.717, 1.165) is 48.3 Å². The Bertz CT molecular complexity index is 2810. The first-order valence-electron chi connectivity index (χ1n) is 22.0. The molecule has 0 spiro atoms. The van der Waals surface area contributed by atoms with Crippen molar-refractivity contribution in [3.05, 3.63) is 105 Å². The third-order valence-electron chi connectivity index (χ3n) is 13.8. The van der Waals surface area contributed by atoms with Gasteiger partial charge >= 0.3 is 6.18 Å². The number of fused-ring (bicyclic) bond motifs is 7. The smallest absolute Gasteiger partial charge is 0.371 e. The molecular formula is C47H47F5N10O2. The Hall–Kier alpha value is -5.81. The van der Waals surface area contributed by atoms with E-state index in [4.69, 9.17) is 19.4 Å². The third kappa shape index (κ3) is 7.20. The van der Waals surface area contributed by atoms with Gasteiger partial charge in [0.2, 0.25) is 0 Å². The van der Waals surface area contributed by atoms with Crippen LogP contribution in [0.3, 0.4) is 0 Å². The number of aryl methyl sites for hydroxylation is 2. The molecule has 10 heterocycles. The molecule has 0 saturated carbocycles. The number of rotatable bonds is 10. The van der Waals surface area contributed by atoms with Crippen molar-refractivity contribution >= 4 is 44.8 Å². The molecule has 17 heteroatoms. The van der Waals surface area contributed by atoms with Gasteiger partial charge in [0, 0.05) is 68.2 Å². The molecule has 6 aromatic rings. The fourth-order valence-electron chi connectivity index (χ4n) is 10.4. The molecule has 2 aromatic carbocycles. The molecule has 2 N–H and O–H groups in total. The summed E-state index contributed by atoms with van der Waals surface area (Å²) >= 11 is 0. The van der Waals surface area contributed by atoms with Crippen molar-refractivity contribution in [3.63, 3.8) is 0 Å². The monoisotopic (exact) mass is 878 g/mol. The highest BCUT2D eigenvalue weighted by Crippen LogP contribution is 2.45. The van der Waals surface area contributed by atoms with Gasteiger partial charge in [-0.3, -0.25) is 9.97 Å². The van der Waals surface area contributed by atoms with Crippen molar-refractivity contribution in [1.29, 1.82) is 0 Å². The fraction of sp³-hybridized carbons (Fsp3) is 0.447. The summed E-state index contributed by atoms with van der Waals surface area (Å²) < 4.78 is 86.9. The number of aromatic nitrogens is 6. The Balaban J connectivity index is 0.920. The zero-order chi connectivity index (χ0) is 44.2. The third-order valence-corrected chi connectivity index (χ3v) is 13.8. The highest BCUT2D eigenvalue weighted by atomic mass is 19.4. The lowest BCUT2D eigenvalue weighted by molar-refractivity contribution is -0.138. The summed E-state index contributed by atoms with van der Waals surface area (Å²) in [5, 5.41) is 25.9. The average molecular weight is 879 g/mol. The van der Waals surface area contributed by atoms with Gasteiger partial charge in [-0.15, -0.1) is 10.2 Å². The summed E-state index contributed by atoms with van der Waals surface area (Å²) in [6, 6.07) is 10.8. The van der Waals surface area contributed by atoms with E-state index in [1.165, 1.54) is 12.1 Å². The zero-order valence-corrected chi connectivity index (χ0v) is 35.8. The number of nitrogens with one attached hydrogen (secondary N) is 2. The predicted octanol–water partition coefficient (Wildman–Crippen LogP) is 8.93. The SMILES string of the molecule is Cc1cc([C@@H](C)Nc2nnc(C)c3ncc(N4CC5CC(C4)O5)cc23)cc(C(F)(F)F)c1Cc1nnc(N[C@H](C)c2cccc3c2CCC3(F)F)c2cc(N3CC4CC(C3)O4)cnc12. The maximum absolute atomic E-state index is 15.2. The fourth-order valence-corrected chi connectivity index (χ4v) is 10.4. The first kappa shape index (κ1) is 40.9. The Morgan fingerprint density at radius 3 is 1.97 bits per heavy atom. The molecule has 6 fully saturated rings. The van der Waals surface area contributed by atoms with Crippen molar-refractivity contribution in [2.24, 2.45) is 0 Å². The normalized spacial score (nSPS) is 23.1. The van der Waals surface area contributed by atoms with Crippen LogP contribution in [0.25, 0.3) is 21.8 Å². The standard InChI is InChI=1S/C47H47F5N10O2/c1-23-10-27(24(2)55-44-37-12-28(17-53-42(37)26(4)57-59-44)61-19-30-14-31(20-61)63-30)11-40(47(50,51)52)36(23)16-41-43-38(13-29(18-54-43)62-21-32-15-33(22-62)64-32)45(60-58-41)56-25(3)34-6-5-7-39-35(34)8-9-46(39,48)49/h5-7,10-13,17-18,24-25,30-33H,8-9,14-16,19-22H2,1-4H3,(H,55,59)(H,56,60)/t24-,25-,30?,31?,32?,33?/m1/s1. The van der Waals surface area contributed by atoms with Gasteiger partial charge in [-0.25, -0.2) is 8.78 Å². The van der Waals surface area contributed by atoms with Gasteiger partial charge in [-0.05, 0) is 80.1 Å². The van der Waals surface area contributed by atoms with Crippen LogP contribution in [0, 0.1) is 13.8 Å². The van der Waals surface area contributed by atoms with Gasteiger partial charge in [-0.1, -0.05) is 24.3 Å². The maximum Gasteiger partial charge on any atom is 0.416 e. The van der Waals surface area contributed by atoms with Gasteiger partial charge < -0.3 is 29.9 Å². The van der Waals surface area contributed by atoms with Crippen LogP contribution in [-0.4, -0.2) is 81.0 Å². The van der Waals surface area contributed by atoms with Crippen LogP contribution < -0.4 is 20.4 Å². The highest BCUT2D eigenvalue weighted by molar-refractivity contribution is 5.93. The van der Waals surface area contributed by atoms with E-state index in [0.29, 0.717) is 63.5 Å². The minimum atomic E-state index is -4.70. The van der Waals surface area contributed by atoms with Gasteiger partial charge in [0.1, 0.15) is 0 Å². The van der Waals surface area contributed by atoms with Gasteiger partial charge in [0.15, 0.2) is 11.6 Å². The summed E-state index contributed by atoms with van der Waals surface area (Å²) in [5.74, 6) is -2.11. The van der Waals surface area contributed by atoms with E-state index in [9.17, 15) is 8.78 Å². The minimum Gasteiger partial charge on any atom is -0.371 e. The van der Waals surface area contributed by atoms with Crippen molar-refractivity contribution in [1.82, 2.24) is 30.4 Å². The van der Waals surface area contributed by atoms with Crippen LogP contribution in [0.1, 0.15) is 95.5 Å². The molecule has 0 radical (unpaired) electrons. The molecule has 6 atom stereocenters. The predicted molar refractivity (Wildman–Crippen MR) is 232 cm³/mol. The number of hydrogen-bond acceptors (Lipinski definition) is 12. The first-order valence-corrected chi connectivity index (χ1v) is 22.0. The van der Waals surface area contributed by atoms with E-state index in [-0.39, 0.29) is 60.5 Å². The number of halogens is 5. The number of ether oxygens (including phenoxy) is 2. The number of piperidine rings is 2. The quantitative estimate of drug-likeness (QED) is 0.128. The molecule has 4 unspecified atom stereocenters. The number of anilines is 4. The Kier molecular flexibility index (Phi) is 9.69. The zero-order valence-electron chi connectivity index (χ0n) is 35.8. The maximum atomic E-state index is 15.2. The van der Waals surface area contributed by atoms with Crippen LogP contribution in [0.2, 0.25) is 0 Å². The van der Waals surface area contributed by atoms with Gasteiger partial charge in [0.25, 0.3) is 5.92 Å². The summed E-state index contributed by atoms with van der Waals surface area (Å²) in [4.78, 5) is 14.0. The Morgan fingerprint density at radius 2 is 1.34 bits per heavy atom. The van der Waals surface area contributed by atoms with E-state index < -0.39 is 29.7 Å². The van der Waals surface area contributed by atoms with Crippen molar-refractivity contribution in [2.75, 3.05) is 46.6 Å². The van der Waals surface area contributed by atoms with E-state index >= 15 is 13.2 Å². The number of nitrogens with zero attached hydrogens (tertiary/aromatic N) is 8. The summed E-state index contributed by atoms with van der Waals surface area (Å²) in [6.07, 6.45) is 1.37. The Morgan fingerprint density at radius 1 is 0.766 bits per heavy atom. The van der Waals surface area contributed by atoms with E-state index in [2.05, 4.69) is 40.8 Å². The lowest BCUT2D eigenvalue weighted by Gasteiger charge is -2.47. The molecule has 12 nitrogen and oxygen atoms in total. The van der Waals surface area contributed by atoms with Crippen LogP contribution in [0.5, 0.6) is 0 Å². The summed E-state index contributed by atoms with van der Waals surface area (Å²) in [7, 11) is 0. The van der Waals surface area contributed by atoms with Crippen LogP contribution in [0.4, 0.5) is 45.0 Å². The van der Waals surface area contributed by atoms with Crippen molar-refractivity contribution < 1.29 is 31.4 Å². The minimum absolute atomic E-state index is 0.0375. The Labute approximate surface area is 366 Å². The molecule has 7 aliphatic rings. The van der Waals surface area contributed by atoms with Crippen molar-refractivity contribution in [3.8, 4) is 0 Å². The highest BCUT2D eigenvalue weighted by Gasteiger charge is 2.42. The second-order valence-electron chi connectivity index (χ2n) is 18.2. The molecule has 13 rings (SSSR count). The molecule has 0 amide bonds. The number of alkyl halides is 5. The van der Waals surface area contributed by atoms with Crippen LogP contribution in [0.15, 0.2) is 54.9 Å². The summed E-state index contributed by atoms with van der Waals surface area (Å²) in [6.45, 7) is 10.1. The molecule has 64 heavy (non-hydrogen) atoms. The molecule has 332 valence electrons. The van der Waals surface area contributed by atoms with Crippen LogP contribution in [-0.2, 0) is 34.4 Å². The summed E-state index contributed by atoms with van der Waals surface area (Å²) in [5.41, 5.74) is 5.25. The average Bonchev–Trinajstić information content (AvgIpc) is 3.58.